The minimum absolute atomic E-state index is 0.257. The van der Waals surface area contributed by atoms with E-state index in [-0.39, 0.29) is 17.4 Å². The van der Waals surface area contributed by atoms with Crippen LogP contribution in [0.5, 0.6) is 0 Å². The molecule has 3 aromatic rings. The van der Waals surface area contributed by atoms with E-state index in [0.717, 1.165) is 18.2 Å². The number of aromatic nitrogens is 2. The normalized spacial score (nSPS) is 11.2. The van der Waals surface area contributed by atoms with Crippen LogP contribution in [0.2, 0.25) is 0 Å². The highest BCUT2D eigenvalue weighted by molar-refractivity contribution is 6.04. The van der Waals surface area contributed by atoms with Crippen molar-refractivity contribution in [2.75, 3.05) is 7.11 Å². The van der Waals surface area contributed by atoms with Crippen molar-refractivity contribution >= 4 is 16.8 Å². The first-order valence-corrected chi connectivity index (χ1v) is 10.6. The minimum Gasteiger partial charge on any atom is -0.400 e. The number of hydrogen-bond acceptors (Lipinski definition) is 4. The molecule has 0 aliphatic carbocycles. The van der Waals surface area contributed by atoms with Crippen LogP contribution in [-0.2, 0) is 6.42 Å². The zero-order chi connectivity index (χ0) is 25.0. The summed E-state index contributed by atoms with van der Waals surface area (Å²) in [6, 6.07) is 9.54. The van der Waals surface area contributed by atoms with Gasteiger partial charge in [-0.1, -0.05) is 38.6 Å². The lowest BCUT2D eigenvalue weighted by atomic mass is 10.0. The van der Waals surface area contributed by atoms with Crippen molar-refractivity contribution in [2.45, 2.75) is 40.2 Å². The molecule has 3 rings (SSSR count). The lowest BCUT2D eigenvalue weighted by molar-refractivity contribution is 0.0943. The number of aliphatic hydroxyl groups excluding tert-OH is 1. The van der Waals surface area contributed by atoms with E-state index in [4.69, 9.17) is 5.11 Å². The predicted molar refractivity (Wildman–Crippen MR) is 129 cm³/mol. The van der Waals surface area contributed by atoms with Crippen molar-refractivity contribution in [2.24, 2.45) is 0 Å². The molecule has 5 nitrogen and oxygen atoms in total. The fourth-order valence-electron chi connectivity index (χ4n) is 2.97. The van der Waals surface area contributed by atoms with Crippen LogP contribution >= 0.6 is 0 Å². The Hall–Kier alpha value is -3.45. The summed E-state index contributed by atoms with van der Waals surface area (Å²) in [6.07, 6.45) is 5.01. The van der Waals surface area contributed by atoms with Gasteiger partial charge in [-0.2, -0.15) is 0 Å². The molecule has 0 spiro atoms. The van der Waals surface area contributed by atoms with Crippen molar-refractivity contribution in [3.05, 3.63) is 95.5 Å². The maximum Gasteiger partial charge on any atom is 0.271 e. The van der Waals surface area contributed by atoms with E-state index in [1.165, 1.54) is 24.3 Å². The van der Waals surface area contributed by atoms with Gasteiger partial charge in [-0.05, 0) is 61.7 Å². The highest BCUT2D eigenvalue weighted by atomic mass is 19.1. The van der Waals surface area contributed by atoms with Crippen LogP contribution in [0.25, 0.3) is 10.9 Å². The summed E-state index contributed by atoms with van der Waals surface area (Å²) < 4.78 is 25.9. The van der Waals surface area contributed by atoms with Gasteiger partial charge in [-0.15, -0.1) is 0 Å². The van der Waals surface area contributed by atoms with E-state index in [1.54, 1.807) is 32.2 Å². The Morgan fingerprint density at radius 3 is 2.42 bits per heavy atom. The summed E-state index contributed by atoms with van der Waals surface area (Å²) in [6.45, 7) is 10.7. The Morgan fingerprint density at radius 2 is 1.82 bits per heavy atom. The van der Waals surface area contributed by atoms with E-state index in [9.17, 15) is 13.6 Å². The van der Waals surface area contributed by atoms with Crippen molar-refractivity contribution in [1.29, 1.82) is 0 Å². The van der Waals surface area contributed by atoms with E-state index in [0.29, 0.717) is 23.0 Å². The number of amides is 1. The standard InChI is InChI=1S/C23H21F2N3O.C2H6.CH4O/c1-14(24)4-5-15(2)28-23(29)22-20-12-18(11-17-6-8-19(25)9-7-17)13-26-21(20)10-16(3)27-22;2*1-2/h4-10,12-13,15H,1,11H2,2-3H3,(H,28,29);1-2H3;2H,1H3/b5-4-;;. The minimum atomic E-state index is -0.583. The van der Waals surface area contributed by atoms with Gasteiger partial charge < -0.3 is 10.4 Å². The Labute approximate surface area is 193 Å². The van der Waals surface area contributed by atoms with Crippen molar-refractivity contribution in [3.8, 4) is 0 Å². The maximum atomic E-state index is 13.1. The number of carbonyl (C=O) groups excluding carboxylic acids is 1. The zero-order valence-corrected chi connectivity index (χ0v) is 19.7. The molecule has 2 N–H and O–H groups in total. The van der Waals surface area contributed by atoms with Gasteiger partial charge >= 0.3 is 0 Å². The Morgan fingerprint density at radius 1 is 1.18 bits per heavy atom. The number of carbonyl (C=O) groups is 1. The summed E-state index contributed by atoms with van der Waals surface area (Å²) in [5.74, 6) is -1.25. The topological polar surface area (TPSA) is 75.1 Å². The molecule has 0 aliphatic rings. The van der Waals surface area contributed by atoms with Gasteiger partial charge in [0.25, 0.3) is 5.91 Å². The van der Waals surface area contributed by atoms with Gasteiger partial charge in [0.2, 0.25) is 0 Å². The number of benzene rings is 1. The van der Waals surface area contributed by atoms with Gasteiger partial charge in [0.15, 0.2) is 0 Å². The zero-order valence-electron chi connectivity index (χ0n) is 19.7. The fraction of sp³-hybridized carbons (Fsp3) is 0.269. The van der Waals surface area contributed by atoms with E-state index in [1.807, 2.05) is 26.0 Å². The van der Waals surface area contributed by atoms with E-state index >= 15 is 0 Å². The average Bonchev–Trinajstić information content (AvgIpc) is 2.81. The third-order valence-electron chi connectivity index (χ3n) is 4.33. The van der Waals surface area contributed by atoms with Crippen LogP contribution in [-0.4, -0.2) is 34.1 Å². The van der Waals surface area contributed by atoms with Crippen LogP contribution in [0.3, 0.4) is 0 Å². The number of halogens is 2. The highest BCUT2D eigenvalue weighted by Crippen LogP contribution is 2.20. The lowest BCUT2D eigenvalue weighted by Gasteiger charge is -2.12. The molecule has 1 amide bonds. The number of allylic oxidation sites excluding steroid dienone is 2. The van der Waals surface area contributed by atoms with Crippen LogP contribution in [0, 0.1) is 12.7 Å². The SMILES string of the molecule is C=C(F)/C=C\C(C)NC(=O)c1nc(C)cc2ncc(Cc3ccc(F)cc3)cc12.CC.CO. The van der Waals surface area contributed by atoms with E-state index in [2.05, 4.69) is 21.9 Å². The molecular weight excluding hydrogens is 424 g/mol. The summed E-state index contributed by atoms with van der Waals surface area (Å²) in [7, 11) is 1.00. The maximum absolute atomic E-state index is 13.1. The van der Waals surface area contributed by atoms with Crippen LogP contribution < -0.4 is 5.32 Å². The lowest BCUT2D eigenvalue weighted by Crippen LogP contribution is -2.32. The number of aliphatic hydroxyl groups is 1. The summed E-state index contributed by atoms with van der Waals surface area (Å²) >= 11 is 0. The first kappa shape index (κ1) is 27.6. The number of hydrogen-bond donors (Lipinski definition) is 2. The fourth-order valence-corrected chi connectivity index (χ4v) is 2.97. The Kier molecular flexibility index (Phi) is 11.6. The number of aryl methyl sites for hydroxylation is 1. The first-order valence-electron chi connectivity index (χ1n) is 10.6. The van der Waals surface area contributed by atoms with Crippen LogP contribution in [0.4, 0.5) is 8.78 Å². The van der Waals surface area contributed by atoms with Crippen LogP contribution in [0.1, 0.15) is 48.1 Å². The molecule has 1 unspecified atom stereocenters. The molecule has 0 radical (unpaired) electrons. The molecule has 33 heavy (non-hydrogen) atoms. The van der Waals surface area contributed by atoms with E-state index < -0.39 is 11.9 Å². The van der Waals surface area contributed by atoms with Gasteiger partial charge in [0.05, 0.1) is 5.52 Å². The summed E-state index contributed by atoms with van der Waals surface area (Å²) in [5, 5.41) is 10.4. The van der Waals surface area contributed by atoms with Crippen molar-refractivity contribution in [3.63, 3.8) is 0 Å². The molecule has 0 saturated heterocycles. The third-order valence-corrected chi connectivity index (χ3v) is 4.33. The molecule has 2 aromatic heterocycles. The van der Waals surface area contributed by atoms with Crippen molar-refractivity contribution < 1.29 is 18.7 Å². The molecular formula is C26H31F2N3O2. The number of nitrogens with zero attached hydrogens (tertiary/aromatic N) is 2. The Balaban J connectivity index is 0.00000129. The van der Waals surface area contributed by atoms with Gasteiger partial charge in [-0.25, -0.2) is 13.8 Å². The summed E-state index contributed by atoms with van der Waals surface area (Å²) in [4.78, 5) is 21.6. The molecule has 176 valence electrons. The molecule has 1 aromatic carbocycles. The second-order valence-electron chi connectivity index (χ2n) is 6.89. The number of pyridine rings is 2. The second kappa shape index (κ2) is 13.9. The number of rotatable bonds is 6. The molecule has 2 heterocycles. The average molecular weight is 456 g/mol. The monoisotopic (exact) mass is 455 g/mol. The van der Waals surface area contributed by atoms with Gasteiger partial charge in [-0.3, -0.25) is 9.78 Å². The molecule has 1 atom stereocenters. The van der Waals surface area contributed by atoms with Gasteiger partial charge in [0.1, 0.15) is 17.3 Å². The Bertz CT molecular complexity index is 1100. The highest BCUT2D eigenvalue weighted by Gasteiger charge is 2.16. The summed E-state index contributed by atoms with van der Waals surface area (Å²) in [5.41, 5.74) is 3.40. The van der Waals surface area contributed by atoms with Gasteiger partial charge in [0, 0.05) is 30.4 Å². The molecule has 0 aliphatic heterocycles. The second-order valence-corrected chi connectivity index (χ2v) is 6.89. The third kappa shape index (κ3) is 8.54. The molecule has 0 saturated carbocycles. The molecule has 0 bridgehead atoms. The first-order chi connectivity index (χ1) is 15.8. The smallest absolute Gasteiger partial charge is 0.271 e. The molecule has 0 fully saturated rings. The van der Waals surface area contributed by atoms with Crippen molar-refractivity contribution in [1.82, 2.24) is 15.3 Å². The molecule has 7 heteroatoms. The van der Waals surface area contributed by atoms with Crippen LogP contribution in [0.15, 0.2) is 67.2 Å². The number of fused-ring (bicyclic) bond motifs is 1. The predicted octanol–water partition coefficient (Wildman–Crippen LogP) is 5.46. The quantitative estimate of drug-likeness (QED) is 0.484. The number of nitrogens with one attached hydrogen (secondary N) is 1. The largest absolute Gasteiger partial charge is 0.400 e.